The van der Waals surface area contributed by atoms with Crippen molar-refractivity contribution in [1.29, 1.82) is 0 Å². The normalized spacial score (nSPS) is 14.6. The molecule has 5 heteroatoms. The third kappa shape index (κ3) is 7.96. The molecule has 8 rings (SSSR count). The zero-order valence-electron chi connectivity index (χ0n) is 39.2. The highest BCUT2D eigenvalue weighted by Gasteiger charge is 2.54. The van der Waals surface area contributed by atoms with Gasteiger partial charge in [0.2, 0.25) is 5.70 Å². The molecular weight excluding hydrogens is 758 g/mol. The molecule has 0 bridgehead atoms. The Hall–Kier alpha value is -5.68. The van der Waals surface area contributed by atoms with Gasteiger partial charge in [-0.3, -0.25) is 4.48 Å². The van der Waals surface area contributed by atoms with Crippen molar-refractivity contribution in [2.24, 2.45) is 0 Å². The Labute approximate surface area is 370 Å². The first kappa shape index (κ1) is 43.0. The van der Waals surface area contributed by atoms with E-state index < -0.39 is 7.26 Å². The summed E-state index contributed by atoms with van der Waals surface area (Å²) in [5, 5.41) is 0. The number of halogens is 1. The highest BCUT2D eigenvalue weighted by molar-refractivity contribution is 6.46. The fourth-order valence-corrected chi connectivity index (χ4v) is 8.85. The second-order valence-electron chi connectivity index (χ2n) is 21.3. The average molecular weight is 822 g/mol. The topological polar surface area (TPSA) is 17.2 Å². The van der Waals surface area contributed by atoms with Crippen LogP contribution in [0, 0.1) is 0 Å². The van der Waals surface area contributed by atoms with Gasteiger partial charge in [0.25, 0.3) is 0 Å². The number of aromatic nitrogens is 1. The summed E-state index contributed by atoms with van der Waals surface area (Å²) >= 11 is 0. The number of benzene rings is 5. The molecule has 3 nitrogen and oxygen atoms in total. The zero-order chi connectivity index (χ0) is 44.5. The third-order valence-electron chi connectivity index (χ3n) is 12.6. The molecule has 2 aliphatic rings. The minimum Gasteiger partial charge on any atom is -0.494 e. The van der Waals surface area contributed by atoms with Crippen molar-refractivity contribution >= 4 is 24.1 Å². The van der Waals surface area contributed by atoms with Gasteiger partial charge in [-0.25, -0.2) is 8.80 Å². The number of hydrogen-bond donors (Lipinski definition) is 0. The van der Waals surface area contributed by atoms with Crippen molar-refractivity contribution in [3.63, 3.8) is 0 Å². The van der Waals surface area contributed by atoms with Gasteiger partial charge in [0.1, 0.15) is 5.75 Å². The first-order valence-corrected chi connectivity index (χ1v) is 22.3. The fraction of sp³-hybridized carbons (Fsp3) is 0.316. The lowest BCUT2D eigenvalue weighted by atomic mass is 9.82. The molecule has 0 saturated heterocycles. The summed E-state index contributed by atoms with van der Waals surface area (Å²) in [6, 6.07) is 45.8. The van der Waals surface area contributed by atoms with Crippen molar-refractivity contribution in [2.45, 2.75) is 112 Å². The summed E-state index contributed by atoms with van der Waals surface area (Å²) in [6.07, 6.45) is 2.22. The fourth-order valence-electron chi connectivity index (χ4n) is 8.85. The number of fused-ring (bicyclic) bond motifs is 2. The van der Waals surface area contributed by atoms with Gasteiger partial charge in [0, 0.05) is 22.9 Å². The molecular formula is C57H63BFN2O+. The molecule has 0 N–H and O–H groups in total. The van der Waals surface area contributed by atoms with Crippen LogP contribution in [-0.4, -0.2) is 28.5 Å². The third-order valence-corrected chi connectivity index (χ3v) is 12.6. The summed E-state index contributed by atoms with van der Waals surface area (Å²) < 4.78 is 28.7. The van der Waals surface area contributed by atoms with Gasteiger partial charge < -0.3 is 4.74 Å². The van der Waals surface area contributed by atoms with E-state index in [0.29, 0.717) is 6.61 Å². The first-order chi connectivity index (χ1) is 29.1. The Bertz CT molecular complexity index is 2720. The summed E-state index contributed by atoms with van der Waals surface area (Å²) in [6.45, 7) is 29.4. The molecule has 3 heterocycles. The van der Waals surface area contributed by atoms with Gasteiger partial charge in [-0.05, 0) is 103 Å². The van der Waals surface area contributed by atoms with E-state index in [1.807, 2.05) is 28.0 Å². The van der Waals surface area contributed by atoms with Gasteiger partial charge in [0.05, 0.1) is 23.4 Å². The number of hydrogen-bond acceptors (Lipinski definition) is 1. The monoisotopic (exact) mass is 822 g/mol. The highest BCUT2D eigenvalue weighted by Crippen LogP contribution is 2.49. The summed E-state index contributed by atoms with van der Waals surface area (Å²) in [5.41, 5.74) is 16.2. The van der Waals surface area contributed by atoms with Gasteiger partial charge in [0.15, 0.2) is 5.71 Å². The summed E-state index contributed by atoms with van der Waals surface area (Å²) in [7, 11) is -1.56. The van der Waals surface area contributed by atoms with Gasteiger partial charge >= 0.3 is 7.26 Å². The van der Waals surface area contributed by atoms with Crippen LogP contribution in [0.4, 0.5) is 4.32 Å². The predicted octanol–water partition coefficient (Wildman–Crippen LogP) is 14.6. The Morgan fingerprint density at radius 3 is 1.35 bits per heavy atom. The van der Waals surface area contributed by atoms with E-state index in [2.05, 4.69) is 204 Å². The number of rotatable bonds is 7. The van der Waals surface area contributed by atoms with Crippen LogP contribution < -0.4 is 4.74 Å². The van der Waals surface area contributed by atoms with E-state index >= 15 is 4.32 Å². The van der Waals surface area contributed by atoms with Crippen molar-refractivity contribution in [3.05, 3.63) is 184 Å². The molecule has 0 unspecified atom stereocenters. The lowest BCUT2D eigenvalue weighted by Crippen LogP contribution is -2.41. The van der Waals surface area contributed by atoms with Crippen molar-refractivity contribution in [3.8, 4) is 28.1 Å². The van der Waals surface area contributed by atoms with Crippen LogP contribution in [0.15, 0.2) is 139 Å². The molecule has 62 heavy (non-hydrogen) atoms. The molecule has 0 saturated carbocycles. The van der Waals surface area contributed by atoms with Crippen LogP contribution in [-0.2, 0) is 21.7 Å². The highest BCUT2D eigenvalue weighted by atomic mass is 19.1. The second kappa shape index (κ2) is 15.6. The van der Waals surface area contributed by atoms with E-state index in [9.17, 15) is 0 Å². The number of ether oxygens (including phenoxy) is 1. The molecule has 2 aliphatic heterocycles. The van der Waals surface area contributed by atoms with Crippen molar-refractivity contribution in [2.75, 3.05) is 6.61 Å². The number of allylic oxidation sites excluding steroid dienone is 2. The lowest BCUT2D eigenvalue weighted by molar-refractivity contribution is -0.332. The summed E-state index contributed by atoms with van der Waals surface area (Å²) in [5.74, 6) is 0.803. The van der Waals surface area contributed by atoms with Crippen molar-refractivity contribution in [1.82, 2.24) is 4.48 Å². The molecule has 1 aromatic heterocycles. The van der Waals surface area contributed by atoms with Gasteiger partial charge in [-0.15, -0.1) is 0 Å². The Kier molecular flexibility index (Phi) is 10.8. The number of nitrogens with zero attached hydrogens (tertiary/aromatic N) is 2. The van der Waals surface area contributed by atoms with Crippen molar-refractivity contribution < 1.29 is 13.5 Å². The summed E-state index contributed by atoms with van der Waals surface area (Å²) in [4.78, 5) is 0. The largest absolute Gasteiger partial charge is 0.847 e. The maximum atomic E-state index is 18.8. The predicted molar refractivity (Wildman–Crippen MR) is 261 cm³/mol. The van der Waals surface area contributed by atoms with Gasteiger partial charge in [-0.2, -0.15) is 0 Å². The Morgan fingerprint density at radius 1 is 0.516 bits per heavy atom. The molecule has 0 spiro atoms. The molecule has 0 fully saturated rings. The Balaban J connectivity index is 1.49. The van der Waals surface area contributed by atoms with E-state index in [0.717, 1.165) is 73.1 Å². The quantitative estimate of drug-likeness (QED) is 0.147. The second-order valence-corrected chi connectivity index (χ2v) is 21.3. The molecule has 5 aromatic carbocycles. The van der Waals surface area contributed by atoms with Crippen LogP contribution in [0.2, 0.25) is 0 Å². The van der Waals surface area contributed by atoms with E-state index in [4.69, 9.17) is 4.74 Å². The smallest absolute Gasteiger partial charge is 0.494 e. The molecule has 0 radical (unpaired) electrons. The molecule has 0 atom stereocenters. The maximum absolute atomic E-state index is 18.8. The van der Waals surface area contributed by atoms with Crippen LogP contribution in [0.5, 0.6) is 5.75 Å². The lowest BCUT2D eigenvalue weighted by Gasteiger charge is -2.25. The minimum atomic E-state index is -1.56. The average Bonchev–Trinajstić information content (AvgIpc) is 3.82. The van der Waals surface area contributed by atoms with Crippen LogP contribution >= 0.6 is 0 Å². The molecule has 0 aliphatic carbocycles. The zero-order valence-corrected chi connectivity index (χ0v) is 39.2. The van der Waals surface area contributed by atoms with Crippen LogP contribution in [0.1, 0.15) is 135 Å². The SMILES string of the molecule is CCOc1ccc(C2=C3C(c4ccc(C(C)(C)C)cc4)=CC(c4ccc(C(C)(C)C)cc4)=[N+]3B(F)n3c(-c4ccc(C(C)(C)C)cc4)cc(-c4ccc(C(C)(C)C)cc4)c32)cc1. The Morgan fingerprint density at radius 2 is 0.919 bits per heavy atom. The molecule has 6 aromatic rings. The van der Waals surface area contributed by atoms with E-state index in [1.54, 1.807) is 0 Å². The standard InChI is InChI=1S/C57H63BFN2O/c1-14-62-46-33-23-41(24-34-46)51-52-47(37-15-25-42(26-16-37)54(2,3)4)35-49(39-19-29-44(30-20-39)56(8,9)10)60(52)58(59)61-50(40-21-31-45(32-22-40)57(11,12)13)36-48(53(51)61)38-17-27-43(28-18-38)55(5,6)7/h15-36H,14H2,1-13H3/q+1. The minimum absolute atomic E-state index is 0.0118. The van der Waals surface area contributed by atoms with E-state index in [1.165, 1.54) is 22.3 Å². The first-order valence-electron chi connectivity index (χ1n) is 22.3. The molecule has 316 valence electrons. The van der Waals surface area contributed by atoms with E-state index in [-0.39, 0.29) is 21.7 Å². The molecule has 0 amide bonds. The van der Waals surface area contributed by atoms with Gasteiger partial charge in [-0.1, -0.05) is 180 Å². The maximum Gasteiger partial charge on any atom is 0.847 e. The van der Waals surface area contributed by atoms with Crippen LogP contribution in [0.25, 0.3) is 33.5 Å². The van der Waals surface area contributed by atoms with Crippen LogP contribution in [0.3, 0.4) is 0 Å².